The molecule has 0 radical (unpaired) electrons. The molecule has 21 heavy (non-hydrogen) atoms. The Bertz CT molecular complexity index is 809. The molecule has 1 aromatic carbocycles. The molecule has 0 amide bonds. The van der Waals surface area contributed by atoms with E-state index in [1.807, 2.05) is 0 Å². The molecule has 0 atom stereocenters. The molecule has 2 aromatic rings. The van der Waals surface area contributed by atoms with Crippen molar-refractivity contribution in [3.8, 4) is 0 Å². The van der Waals surface area contributed by atoms with Gasteiger partial charge in [0.15, 0.2) is 0 Å². The number of aromatic nitrogens is 1. The Balaban J connectivity index is 2.56. The number of aryl methyl sites for hydroxylation is 1. The first-order valence-electron chi connectivity index (χ1n) is 5.91. The predicted octanol–water partition coefficient (Wildman–Crippen LogP) is 2.98. The lowest BCUT2D eigenvalue weighted by molar-refractivity contribution is 0.598. The molecule has 0 aliphatic carbocycles. The van der Waals surface area contributed by atoms with Gasteiger partial charge in [-0.3, -0.25) is 9.71 Å². The van der Waals surface area contributed by atoms with Crippen LogP contribution in [-0.4, -0.2) is 13.4 Å². The first kappa shape index (κ1) is 15.7. The Morgan fingerprint density at radius 2 is 2.05 bits per heavy atom. The quantitative estimate of drug-likeness (QED) is 0.809. The van der Waals surface area contributed by atoms with Crippen molar-refractivity contribution in [1.82, 2.24) is 4.98 Å². The van der Waals surface area contributed by atoms with Crippen LogP contribution in [-0.2, 0) is 10.0 Å². The Labute approximate surface area is 130 Å². The molecule has 0 unspecified atom stereocenters. The van der Waals surface area contributed by atoms with Crippen molar-refractivity contribution in [2.75, 3.05) is 10.5 Å². The number of halogens is 2. The van der Waals surface area contributed by atoms with Crippen molar-refractivity contribution >= 4 is 37.3 Å². The molecule has 1 aromatic heterocycles. The van der Waals surface area contributed by atoms with Gasteiger partial charge in [-0.1, -0.05) is 0 Å². The molecule has 0 spiro atoms. The zero-order chi connectivity index (χ0) is 15.8. The first-order valence-corrected chi connectivity index (χ1v) is 8.19. The highest BCUT2D eigenvalue weighted by Crippen LogP contribution is 2.30. The molecule has 2 rings (SSSR count). The van der Waals surface area contributed by atoms with E-state index in [1.165, 1.54) is 32.3 Å². The maximum absolute atomic E-state index is 13.5. The molecule has 112 valence electrons. The summed E-state index contributed by atoms with van der Waals surface area (Å²) in [6, 6.07) is 2.62. The number of nitrogens with one attached hydrogen (secondary N) is 1. The molecular weight excluding hydrogens is 361 g/mol. The number of nitrogens with zero attached hydrogens (tertiary/aromatic N) is 1. The van der Waals surface area contributed by atoms with Crippen molar-refractivity contribution in [1.29, 1.82) is 0 Å². The number of hydrogen-bond acceptors (Lipinski definition) is 4. The number of nitrogens with two attached hydrogens (primary N) is 1. The van der Waals surface area contributed by atoms with Gasteiger partial charge < -0.3 is 5.73 Å². The summed E-state index contributed by atoms with van der Waals surface area (Å²) in [4.78, 5) is 3.83. The van der Waals surface area contributed by atoms with E-state index in [1.54, 1.807) is 0 Å². The summed E-state index contributed by atoms with van der Waals surface area (Å²) in [5.41, 5.74) is 6.23. The third kappa shape index (κ3) is 3.01. The predicted molar refractivity (Wildman–Crippen MR) is 83.0 cm³/mol. The minimum Gasteiger partial charge on any atom is -0.396 e. The molecule has 0 bridgehead atoms. The maximum Gasteiger partial charge on any atom is 0.262 e. The normalized spacial score (nSPS) is 11.4. The molecule has 0 fully saturated rings. The van der Waals surface area contributed by atoms with E-state index < -0.39 is 15.8 Å². The summed E-state index contributed by atoms with van der Waals surface area (Å²) in [5, 5.41) is 0. The Morgan fingerprint density at radius 1 is 1.38 bits per heavy atom. The van der Waals surface area contributed by atoms with E-state index in [4.69, 9.17) is 5.73 Å². The van der Waals surface area contributed by atoms with Gasteiger partial charge in [0, 0.05) is 12.4 Å². The fraction of sp³-hybridized carbons (Fsp3) is 0.154. The molecule has 5 nitrogen and oxygen atoms in total. The Kier molecular flexibility index (Phi) is 4.20. The minimum atomic E-state index is -3.89. The van der Waals surface area contributed by atoms with Crippen LogP contribution in [0.1, 0.15) is 11.1 Å². The van der Waals surface area contributed by atoms with Crippen LogP contribution >= 0.6 is 15.9 Å². The Hall–Kier alpha value is -1.67. The standard InChI is InChI=1S/C13H13BrFN3O2S/c1-7-5-10(15)12(16)8(2)13(7)21(19,20)18-11-3-4-17-6-9(11)14/h3-6H,16H2,1-2H3,(H,17,18). The second-order valence-electron chi connectivity index (χ2n) is 4.50. The summed E-state index contributed by atoms with van der Waals surface area (Å²) in [6.45, 7) is 2.99. The highest BCUT2D eigenvalue weighted by Gasteiger charge is 2.23. The van der Waals surface area contributed by atoms with Crippen molar-refractivity contribution in [2.24, 2.45) is 0 Å². The lowest BCUT2D eigenvalue weighted by Crippen LogP contribution is -2.17. The summed E-state index contributed by atoms with van der Waals surface area (Å²) in [5.74, 6) is -0.631. The van der Waals surface area contributed by atoms with Crippen LogP contribution in [0.3, 0.4) is 0 Å². The van der Waals surface area contributed by atoms with Crippen molar-refractivity contribution in [2.45, 2.75) is 18.7 Å². The van der Waals surface area contributed by atoms with E-state index in [-0.39, 0.29) is 21.7 Å². The largest absolute Gasteiger partial charge is 0.396 e. The second-order valence-corrected chi connectivity index (χ2v) is 6.98. The summed E-state index contributed by atoms with van der Waals surface area (Å²) in [7, 11) is -3.89. The van der Waals surface area contributed by atoms with Crippen LogP contribution in [0.25, 0.3) is 0 Å². The average molecular weight is 374 g/mol. The monoisotopic (exact) mass is 373 g/mol. The smallest absolute Gasteiger partial charge is 0.262 e. The van der Waals surface area contributed by atoms with Crippen LogP contribution in [0.5, 0.6) is 0 Å². The van der Waals surface area contributed by atoms with Gasteiger partial charge in [-0.15, -0.1) is 0 Å². The highest BCUT2D eigenvalue weighted by molar-refractivity contribution is 9.10. The van der Waals surface area contributed by atoms with Gasteiger partial charge >= 0.3 is 0 Å². The van der Waals surface area contributed by atoms with E-state index in [2.05, 4.69) is 25.6 Å². The molecule has 0 saturated heterocycles. The number of hydrogen-bond donors (Lipinski definition) is 2. The molecule has 0 saturated carbocycles. The average Bonchev–Trinajstić information content (AvgIpc) is 2.38. The van der Waals surface area contributed by atoms with Gasteiger partial charge in [-0.25, -0.2) is 12.8 Å². The zero-order valence-corrected chi connectivity index (χ0v) is 13.7. The lowest BCUT2D eigenvalue weighted by Gasteiger charge is -2.15. The molecular formula is C13H13BrFN3O2S. The van der Waals surface area contributed by atoms with E-state index in [0.717, 1.165) is 6.07 Å². The molecule has 3 N–H and O–H groups in total. The summed E-state index contributed by atoms with van der Waals surface area (Å²) >= 11 is 3.21. The third-order valence-corrected chi connectivity index (χ3v) is 5.27. The first-order chi connectivity index (χ1) is 9.74. The van der Waals surface area contributed by atoms with E-state index in [9.17, 15) is 12.8 Å². The van der Waals surface area contributed by atoms with E-state index >= 15 is 0 Å². The topological polar surface area (TPSA) is 85.1 Å². The fourth-order valence-corrected chi connectivity index (χ4v) is 4.04. The van der Waals surface area contributed by atoms with Crippen LogP contribution in [0.4, 0.5) is 15.8 Å². The van der Waals surface area contributed by atoms with Gasteiger partial charge in [0.25, 0.3) is 10.0 Å². The number of anilines is 2. The molecule has 0 aliphatic rings. The van der Waals surface area contributed by atoms with Crippen molar-refractivity contribution in [3.63, 3.8) is 0 Å². The number of rotatable bonds is 3. The van der Waals surface area contributed by atoms with Crippen molar-refractivity contribution in [3.05, 3.63) is 45.9 Å². The number of benzene rings is 1. The van der Waals surface area contributed by atoms with Gasteiger partial charge in [0.1, 0.15) is 5.82 Å². The van der Waals surface area contributed by atoms with Crippen LogP contribution in [0.15, 0.2) is 33.9 Å². The minimum absolute atomic E-state index is 0.0230. The van der Waals surface area contributed by atoms with Gasteiger partial charge in [0.2, 0.25) is 0 Å². The summed E-state index contributed by atoms with van der Waals surface area (Å²) < 4.78 is 41.5. The van der Waals surface area contributed by atoms with Gasteiger partial charge in [0.05, 0.1) is 20.7 Å². The Morgan fingerprint density at radius 3 is 2.67 bits per heavy atom. The number of sulfonamides is 1. The molecule has 8 heteroatoms. The van der Waals surface area contributed by atoms with Gasteiger partial charge in [-0.2, -0.15) is 0 Å². The molecule has 0 aliphatic heterocycles. The summed E-state index contributed by atoms with van der Waals surface area (Å²) in [6.07, 6.45) is 2.93. The zero-order valence-electron chi connectivity index (χ0n) is 11.3. The second kappa shape index (κ2) is 5.61. The van der Waals surface area contributed by atoms with E-state index in [0.29, 0.717) is 10.2 Å². The maximum atomic E-state index is 13.5. The lowest BCUT2D eigenvalue weighted by atomic mass is 10.1. The number of pyridine rings is 1. The van der Waals surface area contributed by atoms with Crippen LogP contribution < -0.4 is 10.5 Å². The highest BCUT2D eigenvalue weighted by atomic mass is 79.9. The fourth-order valence-electron chi connectivity index (χ4n) is 2.00. The van der Waals surface area contributed by atoms with Crippen LogP contribution in [0, 0.1) is 19.7 Å². The van der Waals surface area contributed by atoms with Gasteiger partial charge in [-0.05, 0) is 53.0 Å². The third-order valence-electron chi connectivity index (χ3n) is 2.99. The number of nitrogen functional groups attached to an aromatic ring is 1. The van der Waals surface area contributed by atoms with Crippen LogP contribution in [0.2, 0.25) is 0 Å². The van der Waals surface area contributed by atoms with Crippen molar-refractivity contribution < 1.29 is 12.8 Å². The molecule has 1 heterocycles. The SMILES string of the molecule is Cc1cc(F)c(N)c(C)c1S(=O)(=O)Nc1ccncc1Br.